The molecule has 2 aromatic rings. The highest BCUT2D eigenvalue weighted by atomic mass is 16.2. The van der Waals surface area contributed by atoms with Gasteiger partial charge in [-0.25, -0.2) is 4.98 Å². The molecule has 1 aliphatic heterocycles. The summed E-state index contributed by atoms with van der Waals surface area (Å²) in [6.45, 7) is 1.28. The van der Waals surface area contributed by atoms with E-state index in [1.54, 1.807) is 6.20 Å². The highest BCUT2D eigenvalue weighted by Crippen LogP contribution is 2.19. The number of likely N-dealkylation sites (tertiary alicyclic amines) is 1. The molecular formula is C14H13N3O. The molecule has 1 fully saturated rings. The van der Waals surface area contributed by atoms with Crippen molar-refractivity contribution < 1.29 is 4.79 Å². The Balaban J connectivity index is 1.80. The number of hydrogen-bond acceptors (Lipinski definition) is 2. The van der Waals surface area contributed by atoms with Crippen LogP contribution in [0.25, 0.3) is 5.65 Å². The highest BCUT2D eigenvalue weighted by Gasteiger charge is 2.27. The summed E-state index contributed by atoms with van der Waals surface area (Å²) in [5.41, 5.74) is 2.00. The summed E-state index contributed by atoms with van der Waals surface area (Å²) in [4.78, 5) is 17.8. The number of nitrogens with zero attached hydrogens (tertiary/aromatic N) is 3. The minimum atomic E-state index is 0.0643. The van der Waals surface area contributed by atoms with Crippen LogP contribution in [0.15, 0.2) is 30.7 Å². The minimum absolute atomic E-state index is 0.0643. The normalized spacial score (nSPS) is 19.4. The van der Waals surface area contributed by atoms with Crippen molar-refractivity contribution in [3.8, 4) is 12.3 Å². The van der Waals surface area contributed by atoms with Gasteiger partial charge in [0.15, 0.2) is 0 Å². The van der Waals surface area contributed by atoms with Gasteiger partial charge in [0.05, 0.1) is 0 Å². The Bertz CT molecular complexity index is 638. The number of rotatable bonds is 2. The molecule has 18 heavy (non-hydrogen) atoms. The Morgan fingerprint density at radius 3 is 3.17 bits per heavy atom. The van der Waals surface area contributed by atoms with E-state index in [-0.39, 0.29) is 11.8 Å². The van der Waals surface area contributed by atoms with E-state index in [1.165, 1.54) is 0 Å². The van der Waals surface area contributed by atoms with Crippen LogP contribution in [-0.4, -0.2) is 26.7 Å². The van der Waals surface area contributed by atoms with Gasteiger partial charge >= 0.3 is 0 Å². The van der Waals surface area contributed by atoms with Gasteiger partial charge in [0.25, 0.3) is 0 Å². The van der Waals surface area contributed by atoms with Gasteiger partial charge in [0.2, 0.25) is 5.91 Å². The minimum Gasteiger partial charge on any atom is -0.337 e. The molecule has 1 amide bonds. The van der Waals surface area contributed by atoms with Crippen LogP contribution < -0.4 is 0 Å². The van der Waals surface area contributed by atoms with Gasteiger partial charge in [-0.3, -0.25) is 4.79 Å². The molecule has 2 aromatic heterocycles. The van der Waals surface area contributed by atoms with Crippen LogP contribution in [-0.2, 0) is 11.3 Å². The second-order valence-corrected chi connectivity index (χ2v) is 4.57. The summed E-state index contributed by atoms with van der Waals surface area (Å²) in [6.07, 6.45) is 11.5. The predicted octanol–water partition coefficient (Wildman–Crippen LogP) is 1.32. The average Bonchev–Trinajstić information content (AvgIpc) is 2.96. The third-order valence-electron chi connectivity index (χ3n) is 3.27. The van der Waals surface area contributed by atoms with Crippen LogP contribution >= 0.6 is 0 Å². The number of pyridine rings is 1. The molecule has 4 heteroatoms. The number of terminal acetylenes is 1. The fourth-order valence-electron chi connectivity index (χ4n) is 2.32. The molecule has 0 bridgehead atoms. The van der Waals surface area contributed by atoms with E-state index in [2.05, 4.69) is 10.9 Å². The Morgan fingerprint density at radius 1 is 1.50 bits per heavy atom. The van der Waals surface area contributed by atoms with Crippen LogP contribution in [0.2, 0.25) is 0 Å². The smallest absolute Gasteiger partial charge is 0.224 e. The van der Waals surface area contributed by atoms with Crippen molar-refractivity contribution in [3.05, 3.63) is 36.3 Å². The van der Waals surface area contributed by atoms with Crippen molar-refractivity contribution in [2.75, 3.05) is 6.54 Å². The lowest BCUT2D eigenvalue weighted by molar-refractivity contribution is -0.128. The molecule has 0 aromatic carbocycles. The summed E-state index contributed by atoms with van der Waals surface area (Å²) in [6, 6.07) is 3.95. The third-order valence-corrected chi connectivity index (χ3v) is 3.27. The monoisotopic (exact) mass is 239 g/mol. The summed E-state index contributed by atoms with van der Waals surface area (Å²) in [5.74, 6) is 2.86. The molecule has 0 spiro atoms. The fraction of sp³-hybridized carbons (Fsp3) is 0.286. The van der Waals surface area contributed by atoms with Crippen LogP contribution in [0, 0.1) is 18.3 Å². The van der Waals surface area contributed by atoms with Crippen LogP contribution in [0.3, 0.4) is 0 Å². The molecule has 4 nitrogen and oxygen atoms in total. The summed E-state index contributed by atoms with van der Waals surface area (Å²) in [5, 5.41) is 0. The largest absolute Gasteiger partial charge is 0.337 e. The van der Waals surface area contributed by atoms with Gasteiger partial charge < -0.3 is 9.30 Å². The van der Waals surface area contributed by atoms with E-state index in [4.69, 9.17) is 6.42 Å². The molecular weight excluding hydrogens is 226 g/mol. The molecule has 1 atom stereocenters. The standard InChI is InChI=1S/C14H13N3O/c1-2-11-7-14(18)17(8-11)10-12-3-4-13-15-5-6-16(13)9-12/h1,3-6,9,11H,7-8,10H2. The number of carbonyl (C=O) groups is 1. The average molecular weight is 239 g/mol. The van der Waals surface area contributed by atoms with Crippen molar-refractivity contribution in [3.63, 3.8) is 0 Å². The summed E-state index contributed by atoms with van der Waals surface area (Å²) < 4.78 is 1.95. The van der Waals surface area contributed by atoms with Crippen molar-refractivity contribution in [1.29, 1.82) is 0 Å². The van der Waals surface area contributed by atoms with E-state index in [0.29, 0.717) is 19.5 Å². The van der Waals surface area contributed by atoms with Crippen LogP contribution in [0.4, 0.5) is 0 Å². The van der Waals surface area contributed by atoms with Crippen LogP contribution in [0.5, 0.6) is 0 Å². The van der Waals surface area contributed by atoms with Gasteiger partial charge in [-0.15, -0.1) is 12.3 Å². The molecule has 1 aliphatic rings. The first-order valence-electron chi connectivity index (χ1n) is 5.92. The van der Waals surface area contributed by atoms with E-state index in [1.807, 2.05) is 33.8 Å². The molecule has 90 valence electrons. The van der Waals surface area contributed by atoms with Gasteiger partial charge in [0.1, 0.15) is 5.65 Å². The first kappa shape index (κ1) is 10.8. The number of amides is 1. The van der Waals surface area contributed by atoms with Gasteiger partial charge in [-0.05, 0) is 11.6 Å². The van der Waals surface area contributed by atoms with Gasteiger partial charge in [0, 0.05) is 44.0 Å². The number of hydrogen-bond donors (Lipinski definition) is 0. The maximum atomic E-state index is 11.8. The maximum absolute atomic E-state index is 11.8. The van der Waals surface area contributed by atoms with E-state index >= 15 is 0 Å². The quantitative estimate of drug-likeness (QED) is 0.741. The Labute approximate surface area is 105 Å². The van der Waals surface area contributed by atoms with E-state index in [9.17, 15) is 4.79 Å². The Morgan fingerprint density at radius 2 is 2.39 bits per heavy atom. The van der Waals surface area contributed by atoms with E-state index in [0.717, 1.165) is 11.2 Å². The highest BCUT2D eigenvalue weighted by molar-refractivity contribution is 5.79. The van der Waals surface area contributed by atoms with Gasteiger partial charge in [-0.1, -0.05) is 6.07 Å². The third kappa shape index (κ3) is 1.84. The predicted molar refractivity (Wildman–Crippen MR) is 67.5 cm³/mol. The molecule has 1 unspecified atom stereocenters. The molecule has 0 aliphatic carbocycles. The molecule has 0 N–H and O–H groups in total. The summed E-state index contributed by atoms with van der Waals surface area (Å²) >= 11 is 0. The fourth-order valence-corrected chi connectivity index (χ4v) is 2.32. The zero-order chi connectivity index (χ0) is 12.5. The SMILES string of the molecule is C#CC1CC(=O)N(Cc2ccc3nccn3c2)C1. The second kappa shape index (κ2) is 4.19. The Hall–Kier alpha value is -2.28. The van der Waals surface area contributed by atoms with Gasteiger partial charge in [-0.2, -0.15) is 0 Å². The Kier molecular flexibility index (Phi) is 2.52. The zero-order valence-corrected chi connectivity index (χ0v) is 9.91. The lowest BCUT2D eigenvalue weighted by atomic mass is 10.1. The number of carbonyl (C=O) groups excluding carboxylic acids is 1. The van der Waals surface area contributed by atoms with Crippen molar-refractivity contribution in [2.45, 2.75) is 13.0 Å². The summed E-state index contributed by atoms with van der Waals surface area (Å²) in [7, 11) is 0. The first-order chi connectivity index (χ1) is 8.76. The van der Waals surface area contributed by atoms with Crippen LogP contribution in [0.1, 0.15) is 12.0 Å². The lowest BCUT2D eigenvalue weighted by Crippen LogP contribution is -2.24. The number of aromatic nitrogens is 2. The molecule has 0 radical (unpaired) electrons. The maximum Gasteiger partial charge on any atom is 0.224 e. The van der Waals surface area contributed by atoms with Crippen molar-refractivity contribution in [2.24, 2.45) is 5.92 Å². The number of imidazole rings is 1. The van der Waals surface area contributed by atoms with Crippen molar-refractivity contribution in [1.82, 2.24) is 14.3 Å². The number of fused-ring (bicyclic) bond motifs is 1. The molecule has 3 rings (SSSR count). The second-order valence-electron chi connectivity index (χ2n) is 4.57. The first-order valence-corrected chi connectivity index (χ1v) is 5.92. The molecule has 0 saturated carbocycles. The molecule has 1 saturated heterocycles. The molecule has 3 heterocycles. The lowest BCUT2D eigenvalue weighted by Gasteiger charge is -2.15. The van der Waals surface area contributed by atoms with Crippen molar-refractivity contribution >= 4 is 11.6 Å². The van der Waals surface area contributed by atoms with E-state index < -0.39 is 0 Å². The topological polar surface area (TPSA) is 37.6 Å². The zero-order valence-electron chi connectivity index (χ0n) is 9.91.